The van der Waals surface area contributed by atoms with Crippen LogP contribution in [-0.4, -0.2) is 10.7 Å². The molecule has 1 aromatic carbocycles. The van der Waals surface area contributed by atoms with Crippen LogP contribution in [0.1, 0.15) is 57.1 Å². The Balaban J connectivity index is 1.96. The average Bonchev–Trinajstić information content (AvgIpc) is 2.39. The second-order valence-electron chi connectivity index (χ2n) is 5.78. The molecule has 0 amide bonds. The maximum absolute atomic E-state index is 10.4. The van der Waals surface area contributed by atoms with E-state index in [9.17, 15) is 5.11 Å². The van der Waals surface area contributed by atoms with E-state index < -0.39 is 0 Å². The van der Waals surface area contributed by atoms with Gasteiger partial charge in [0.2, 0.25) is 0 Å². The van der Waals surface area contributed by atoms with Gasteiger partial charge in [-0.3, -0.25) is 0 Å². The van der Waals surface area contributed by atoms with Crippen LogP contribution in [0.15, 0.2) is 24.3 Å². The van der Waals surface area contributed by atoms with Gasteiger partial charge in [-0.25, -0.2) is 0 Å². The molecule has 1 fully saturated rings. The molecule has 0 aromatic heterocycles. The minimum absolute atomic E-state index is 0.110. The molecule has 0 saturated heterocycles. The number of para-hydroxylation sites is 1. The third kappa shape index (κ3) is 1.83. The predicted octanol–water partition coefficient (Wildman–Crippen LogP) is 3.84. The summed E-state index contributed by atoms with van der Waals surface area (Å²) in [6, 6.07) is 7.95. The summed E-state index contributed by atoms with van der Waals surface area (Å²) in [5.74, 6) is 1.49. The molecule has 1 spiro atoms. The third-order valence-corrected chi connectivity index (χ3v) is 4.77. The van der Waals surface area contributed by atoms with Crippen LogP contribution >= 0.6 is 0 Å². The summed E-state index contributed by atoms with van der Waals surface area (Å²) in [7, 11) is 0. The fraction of sp³-hybridized carbons (Fsp3) is 0.625. The van der Waals surface area contributed by atoms with E-state index >= 15 is 0 Å². The van der Waals surface area contributed by atoms with Crippen LogP contribution in [0, 0.1) is 5.92 Å². The van der Waals surface area contributed by atoms with Crippen LogP contribution in [-0.2, 0) is 0 Å². The number of hydrogen-bond acceptors (Lipinski definition) is 2. The van der Waals surface area contributed by atoms with Gasteiger partial charge in [0.25, 0.3) is 0 Å². The first-order valence-corrected chi connectivity index (χ1v) is 7.21. The van der Waals surface area contributed by atoms with Crippen molar-refractivity contribution < 1.29 is 9.84 Å². The van der Waals surface area contributed by atoms with Crippen molar-refractivity contribution >= 4 is 0 Å². The van der Waals surface area contributed by atoms with Gasteiger partial charge in [-0.05, 0) is 37.7 Å². The molecule has 3 unspecified atom stereocenters. The van der Waals surface area contributed by atoms with Gasteiger partial charge in [0.05, 0.1) is 6.10 Å². The largest absolute Gasteiger partial charge is 0.486 e. The highest BCUT2D eigenvalue weighted by Crippen LogP contribution is 2.49. The first-order chi connectivity index (χ1) is 8.75. The Morgan fingerprint density at radius 2 is 2.17 bits per heavy atom. The van der Waals surface area contributed by atoms with E-state index in [0.29, 0.717) is 5.92 Å². The van der Waals surface area contributed by atoms with Crippen LogP contribution in [0.5, 0.6) is 5.75 Å². The van der Waals surface area contributed by atoms with E-state index in [1.165, 1.54) is 19.3 Å². The molecule has 98 valence electrons. The van der Waals surface area contributed by atoms with E-state index in [0.717, 1.165) is 30.6 Å². The standard InChI is InChI=1S/C16H22O2/c1-2-12-7-5-6-10-16(12)11-14(17)13-8-3-4-9-15(13)18-16/h3-4,8-9,12,14,17H,2,5-7,10-11H2,1H3. The number of aliphatic hydroxyl groups is 1. The van der Waals surface area contributed by atoms with Crippen LogP contribution < -0.4 is 4.74 Å². The molecule has 0 radical (unpaired) electrons. The van der Waals surface area contributed by atoms with Crippen molar-refractivity contribution in [3.8, 4) is 5.75 Å². The van der Waals surface area contributed by atoms with Crippen LogP contribution in [0.2, 0.25) is 0 Å². The van der Waals surface area contributed by atoms with E-state index in [-0.39, 0.29) is 11.7 Å². The molecule has 2 nitrogen and oxygen atoms in total. The summed E-state index contributed by atoms with van der Waals surface area (Å²) in [5.41, 5.74) is 0.851. The molecule has 2 heteroatoms. The van der Waals surface area contributed by atoms with Gasteiger partial charge < -0.3 is 9.84 Å². The summed E-state index contributed by atoms with van der Waals surface area (Å²) in [4.78, 5) is 0. The lowest BCUT2D eigenvalue weighted by Crippen LogP contribution is -2.49. The molecule has 2 aliphatic rings. The second-order valence-corrected chi connectivity index (χ2v) is 5.78. The Morgan fingerprint density at radius 3 is 3.00 bits per heavy atom. The summed E-state index contributed by atoms with van der Waals surface area (Å²) in [6.07, 6.45) is 6.43. The lowest BCUT2D eigenvalue weighted by Gasteiger charge is -2.48. The number of rotatable bonds is 1. The maximum atomic E-state index is 10.4. The van der Waals surface area contributed by atoms with Crippen molar-refractivity contribution in [1.82, 2.24) is 0 Å². The summed E-state index contributed by atoms with van der Waals surface area (Å²) in [6.45, 7) is 2.24. The zero-order valence-corrected chi connectivity index (χ0v) is 11.1. The highest BCUT2D eigenvalue weighted by molar-refractivity contribution is 5.38. The molecule has 1 aliphatic carbocycles. The summed E-state index contributed by atoms with van der Waals surface area (Å²) in [5, 5.41) is 10.4. The minimum Gasteiger partial charge on any atom is -0.486 e. The molecule has 18 heavy (non-hydrogen) atoms. The topological polar surface area (TPSA) is 29.5 Å². The summed E-state index contributed by atoms with van der Waals surface area (Å²) < 4.78 is 6.37. The van der Waals surface area contributed by atoms with Crippen molar-refractivity contribution in [2.75, 3.05) is 0 Å². The quantitative estimate of drug-likeness (QED) is 0.815. The average molecular weight is 246 g/mol. The van der Waals surface area contributed by atoms with Crippen molar-refractivity contribution in [1.29, 1.82) is 0 Å². The smallest absolute Gasteiger partial charge is 0.125 e. The van der Waals surface area contributed by atoms with Crippen LogP contribution in [0.25, 0.3) is 0 Å². The lowest BCUT2D eigenvalue weighted by atomic mass is 9.69. The molecule has 1 saturated carbocycles. The zero-order chi connectivity index (χ0) is 12.6. The second kappa shape index (κ2) is 4.58. The number of hydrogen-bond donors (Lipinski definition) is 1. The van der Waals surface area contributed by atoms with Crippen LogP contribution in [0.3, 0.4) is 0 Å². The number of ether oxygens (including phenoxy) is 1. The van der Waals surface area contributed by atoms with Gasteiger partial charge >= 0.3 is 0 Å². The van der Waals surface area contributed by atoms with E-state index in [1.54, 1.807) is 0 Å². The van der Waals surface area contributed by atoms with E-state index in [4.69, 9.17) is 4.74 Å². The molecular formula is C16H22O2. The number of fused-ring (bicyclic) bond motifs is 1. The number of aliphatic hydroxyl groups excluding tert-OH is 1. The lowest BCUT2D eigenvalue weighted by molar-refractivity contribution is -0.0782. The third-order valence-electron chi connectivity index (χ3n) is 4.77. The highest BCUT2D eigenvalue weighted by atomic mass is 16.5. The number of benzene rings is 1. The Kier molecular flexibility index (Phi) is 3.06. The molecule has 1 heterocycles. The first-order valence-electron chi connectivity index (χ1n) is 7.21. The van der Waals surface area contributed by atoms with E-state index in [2.05, 4.69) is 6.92 Å². The first kappa shape index (κ1) is 12.0. The van der Waals surface area contributed by atoms with Gasteiger partial charge in [-0.15, -0.1) is 0 Å². The predicted molar refractivity (Wildman–Crippen MR) is 71.6 cm³/mol. The molecule has 1 aromatic rings. The normalized spacial score (nSPS) is 35.0. The van der Waals surface area contributed by atoms with Gasteiger partial charge in [0.1, 0.15) is 11.4 Å². The van der Waals surface area contributed by atoms with Gasteiger partial charge in [0.15, 0.2) is 0 Å². The Morgan fingerprint density at radius 1 is 1.33 bits per heavy atom. The zero-order valence-electron chi connectivity index (χ0n) is 11.1. The SMILES string of the molecule is CCC1CCCCC12CC(O)c1ccccc1O2. The Bertz CT molecular complexity index is 429. The molecule has 1 aliphatic heterocycles. The Hall–Kier alpha value is -1.02. The fourth-order valence-electron chi connectivity index (χ4n) is 3.81. The van der Waals surface area contributed by atoms with Crippen molar-refractivity contribution in [3.05, 3.63) is 29.8 Å². The minimum atomic E-state index is -0.359. The fourth-order valence-corrected chi connectivity index (χ4v) is 3.81. The van der Waals surface area contributed by atoms with E-state index in [1.807, 2.05) is 24.3 Å². The highest BCUT2D eigenvalue weighted by Gasteiger charge is 2.46. The molecular weight excluding hydrogens is 224 g/mol. The van der Waals surface area contributed by atoms with Crippen molar-refractivity contribution in [2.24, 2.45) is 5.92 Å². The molecule has 3 rings (SSSR count). The molecule has 0 bridgehead atoms. The maximum Gasteiger partial charge on any atom is 0.125 e. The van der Waals surface area contributed by atoms with Gasteiger partial charge in [-0.2, -0.15) is 0 Å². The molecule has 3 atom stereocenters. The molecule has 1 N–H and O–H groups in total. The van der Waals surface area contributed by atoms with Crippen molar-refractivity contribution in [3.63, 3.8) is 0 Å². The Labute approximate surface area is 109 Å². The summed E-state index contributed by atoms with van der Waals surface area (Å²) >= 11 is 0. The monoisotopic (exact) mass is 246 g/mol. The van der Waals surface area contributed by atoms with Gasteiger partial charge in [0, 0.05) is 12.0 Å². The van der Waals surface area contributed by atoms with Crippen LogP contribution in [0.4, 0.5) is 0 Å². The van der Waals surface area contributed by atoms with Gasteiger partial charge in [-0.1, -0.05) is 31.5 Å². The van der Waals surface area contributed by atoms with Crippen molar-refractivity contribution in [2.45, 2.75) is 57.2 Å².